The molecule has 1 amide bonds. The smallest absolute Gasteiger partial charge is 0.269 e. The lowest BCUT2D eigenvalue weighted by Gasteiger charge is -2.34. The van der Waals surface area contributed by atoms with Crippen molar-refractivity contribution in [3.8, 4) is 5.69 Å². The van der Waals surface area contributed by atoms with E-state index in [-0.39, 0.29) is 11.6 Å². The van der Waals surface area contributed by atoms with Gasteiger partial charge in [0.1, 0.15) is 0 Å². The first-order chi connectivity index (χ1) is 14.1. The lowest BCUT2D eigenvalue weighted by Crippen LogP contribution is -2.48. The van der Waals surface area contributed by atoms with Crippen molar-refractivity contribution < 1.29 is 9.72 Å². The Labute approximate surface area is 166 Å². The van der Waals surface area contributed by atoms with Gasteiger partial charge in [0.2, 0.25) is 0 Å². The number of nitrogens with zero attached hydrogens (tertiary/aromatic N) is 7. The minimum absolute atomic E-state index is 0.0255. The van der Waals surface area contributed by atoms with Crippen LogP contribution in [0.2, 0.25) is 0 Å². The van der Waals surface area contributed by atoms with E-state index in [0.717, 1.165) is 11.5 Å². The Bertz CT molecular complexity index is 996. The Morgan fingerprint density at radius 3 is 2.34 bits per heavy atom. The molecular formula is C19H19N7O3. The first-order valence-electron chi connectivity index (χ1n) is 9.20. The number of rotatable bonds is 5. The van der Waals surface area contributed by atoms with Crippen molar-refractivity contribution in [1.82, 2.24) is 30.0 Å². The molecule has 2 heterocycles. The predicted octanol–water partition coefficient (Wildman–Crippen LogP) is 1.53. The molecule has 1 saturated heterocycles. The predicted molar refractivity (Wildman–Crippen MR) is 103 cm³/mol. The summed E-state index contributed by atoms with van der Waals surface area (Å²) in [5, 5.41) is 22.8. The molecule has 0 saturated carbocycles. The Hall–Kier alpha value is -3.66. The number of aromatic nitrogens is 4. The molecule has 0 unspecified atom stereocenters. The number of hydrogen-bond donors (Lipinski definition) is 0. The maximum Gasteiger partial charge on any atom is 0.269 e. The van der Waals surface area contributed by atoms with Crippen molar-refractivity contribution >= 4 is 11.6 Å². The summed E-state index contributed by atoms with van der Waals surface area (Å²) < 4.78 is 1.72. The third-order valence-electron chi connectivity index (χ3n) is 4.88. The monoisotopic (exact) mass is 393 g/mol. The van der Waals surface area contributed by atoms with Crippen LogP contribution in [-0.4, -0.2) is 67.0 Å². The fraction of sp³-hybridized carbons (Fsp3) is 0.263. The second-order valence-electron chi connectivity index (χ2n) is 6.71. The number of hydrogen-bond acceptors (Lipinski definition) is 7. The number of carbonyl (C=O) groups is 1. The number of non-ortho nitro benzene ring substituents is 1. The fourth-order valence-electron chi connectivity index (χ4n) is 3.29. The molecule has 0 N–H and O–H groups in total. The second-order valence-corrected chi connectivity index (χ2v) is 6.71. The van der Waals surface area contributed by atoms with E-state index in [0.29, 0.717) is 38.3 Å². The lowest BCUT2D eigenvalue weighted by atomic mass is 10.1. The van der Waals surface area contributed by atoms with Crippen LogP contribution in [0.1, 0.15) is 16.2 Å². The van der Waals surface area contributed by atoms with Crippen molar-refractivity contribution in [3.05, 3.63) is 76.1 Å². The van der Waals surface area contributed by atoms with Crippen molar-refractivity contribution in [3.63, 3.8) is 0 Å². The highest BCUT2D eigenvalue weighted by Gasteiger charge is 2.24. The molecule has 0 radical (unpaired) electrons. The molecular weight excluding hydrogens is 374 g/mol. The highest BCUT2D eigenvalue weighted by atomic mass is 16.6. The van der Waals surface area contributed by atoms with Gasteiger partial charge in [0.05, 0.1) is 17.2 Å². The van der Waals surface area contributed by atoms with Gasteiger partial charge in [-0.25, -0.2) is 0 Å². The van der Waals surface area contributed by atoms with Crippen LogP contribution in [-0.2, 0) is 6.54 Å². The first-order valence-corrected chi connectivity index (χ1v) is 9.20. The van der Waals surface area contributed by atoms with Gasteiger partial charge in [-0.2, -0.15) is 4.68 Å². The summed E-state index contributed by atoms with van der Waals surface area (Å²) in [5.41, 5.74) is 1.33. The molecule has 0 aliphatic carbocycles. The van der Waals surface area contributed by atoms with Crippen LogP contribution in [0.5, 0.6) is 0 Å². The summed E-state index contributed by atoms with van der Waals surface area (Å²) in [6.45, 7) is 3.12. The molecule has 2 aromatic carbocycles. The number of para-hydroxylation sites is 1. The topological polar surface area (TPSA) is 110 Å². The van der Waals surface area contributed by atoms with Crippen molar-refractivity contribution in [2.45, 2.75) is 6.54 Å². The average Bonchev–Trinajstić information content (AvgIpc) is 3.22. The van der Waals surface area contributed by atoms with Gasteiger partial charge >= 0.3 is 0 Å². The zero-order chi connectivity index (χ0) is 20.2. The van der Waals surface area contributed by atoms with E-state index in [1.54, 1.807) is 9.58 Å². The van der Waals surface area contributed by atoms with E-state index >= 15 is 0 Å². The van der Waals surface area contributed by atoms with Crippen LogP contribution in [0.3, 0.4) is 0 Å². The normalized spacial score (nSPS) is 14.7. The van der Waals surface area contributed by atoms with Gasteiger partial charge in [0, 0.05) is 43.9 Å². The summed E-state index contributed by atoms with van der Waals surface area (Å²) in [4.78, 5) is 26.9. The van der Waals surface area contributed by atoms with Crippen molar-refractivity contribution in [2.24, 2.45) is 0 Å². The summed E-state index contributed by atoms with van der Waals surface area (Å²) in [7, 11) is 0. The molecule has 0 spiro atoms. The third kappa shape index (κ3) is 4.11. The maximum absolute atomic E-state index is 12.6. The standard InChI is InChI=1S/C19H19N7O3/c27-19(15-6-8-17(9-7-15)26(28)29)24-12-10-23(11-13-24)14-18-20-21-22-25(18)16-4-2-1-3-5-16/h1-9H,10-14H2. The van der Waals surface area contributed by atoms with Crippen molar-refractivity contribution in [2.75, 3.05) is 26.2 Å². The van der Waals surface area contributed by atoms with E-state index in [1.807, 2.05) is 30.3 Å². The van der Waals surface area contributed by atoms with E-state index in [1.165, 1.54) is 24.3 Å². The van der Waals surface area contributed by atoms with Crippen LogP contribution < -0.4 is 0 Å². The molecule has 29 heavy (non-hydrogen) atoms. The van der Waals surface area contributed by atoms with Gasteiger partial charge in [-0.3, -0.25) is 19.8 Å². The van der Waals surface area contributed by atoms with Crippen LogP contribution in [0.15, 0.2) is 54.6 Å². The SMILES string of the molecule is O=C(c1ccc([N+](=O)[O-])cc1)N1CCN(Cc2nnnn2-c2ccccc2)CC1. The number of amides is 1. The van der Waals surface area contributed by atoms with Crippen LogP contribution in [0.4, 0.5) is 5.69 Å². The zero-order valence-electron chi connectivity index (χ0n) is 15.6. The summed E-state index contributed by atoms with van der Waals surface area (Å²) in [5.74, 6) is 0.625. The molecule has 1 aliphatic heterocycles. The molecule has 10 nitrogen and oxygen atoms in total. The van der Waals surface area contributed by atoms with E-state index in [2.05, 4.69) is 20.4 Å². The Balaban J connectivity index is 1.36. The fourth-order valence-corrected chi connectivity index (χ4v) is 3.29. The van der Waals surface area contributed by atoms with Gasteiger partial charge in [0.15, 0.2) is 5.82 Å². The molecule has 0 bridgehead atoms. The summed E-state index contributed by atoms with van der Waals surface area (Å²) in [6, 6.07) is 15.4. The Kier molecular flexibility index (Phi) is 5.25. The van der Waals surface area contributed by atoms with Gasteiger partial charge < -0.3 is 4.90 Å². The second kappa shape index (κ2) is 8.15. The van der Waals surface area contributed by atoms with Gasteiger partial charge in [-0.15, -0.1) is 5.10 Å². The number of tetrazole rings is 1. The number of carbonyl (C=O) groups excluding carboxylic acids is 1. The molecule has 1 aliphatic rings. The van der Waals surface area contributed by atoms with Crippen LogP contribution in [0, 0.1) is 10.1 Å². The number of piperazine rings is 1. The molecule has 148 valence electrons. The average molecular weight is 393 g/mol. The van der Waals surface area contributed by atoms with E-state index < -0.39 is 4.92 Å². The van der Waals surface area contributed by atoms with Gasteiger partial charge in [-0.1, -0.05) is 18.2 Å². The summed E-state index contributed by atoms with van der Waals surface area (Å²) in [6.07, 6.45) is 0. The Morgan fingerprint density at radius 2 is 1.69 bits per heavy atom. The quantitative estimate of drug-likeness (QED) is 0.477. The molecule has 4 rings (SSSR count). The number of benzene rings is 2. The molecule has 3 aromatic rings. The molecule has 0 atom stereocenters. The van der Waals surface area contributed by atoms with Crippen LogP contribution in [0.25, 0.3) is 5.69 Å². The highest BCUT2D eigenvalue weighted by molar-refractivity contribution is 5.94. The van der Waals surface area contributed by atoms with Crippen molar-refractivity contribution in [1.29, 1.82) is 0 Å². The minimum atomic E-state index is -0.476. The van der Waals surface area contributed by atoms with E-state index in [9.17, 15) is 14.9 Å². The third-order valence-corrected chi connectivity index (χ3v) is 4.88. The van der Waals surface area contributed by atoms with Gasteiger partial charge in [0.25, 0.3) is 11.6 Å². The lowest BCUT2D eigenvalue weighted by molar-refractivity contribution is -0.384. The number of nitro groups is 1. The van der Waals surface area contributed by atoms with Crippen LogP contribution >= 0.6 is 0 Å². The largest absolute Gasteiger partial charge is 0.336 e. The Morgan fingerprint density at radius 1 is 1.00 bits per heavy atom. The molecule has 1 aromatic heterocycles. The maximum atomic E-state index is 12.6. The minimum Gasteiger partial charge on any atom is -0.336 e. The summed E-state index contributed by atoms with van der Waals surface area (Å²) >= 11 is 0. The highest BCUT2D eigenvalue weighted by Crippen LogP contribution is 2.16. The van der Waals surface area contributed by atoms with E-state index in [4.69, 9.17) is 0 Å². The zero-order valence-corrected chi connectivity index (χ0v) is 15.6. The molecule has 10 heteroatoms. The first kappa shape index (κ1) is 18.7. The number of nitro benzene ring substituents is 1. The molecule has 1 fully saturated rings. The van der Waals surface area contributed by atoms with Gasteiger partial charge in [-0.05, 0) is 34.7 Å².